The average molecular weight is 295 g/mol. The van der Waals surface area contributed by atoms with Crippen molar-refractivity contribution < 1.29 is 8.78 Å². The van der Waals surface area contributed by atoms with Crippen LogP contribution in [-0.2, 0) is 6.42 Å². The highest BCUT2D eigenvalue weighted by Crippen LogP contribution is 2.37. The molecule has 2 aromatic rings. The lowest BCUT2D eigenvalue weighted by Crippen LogP contribution is -2.09. The first kappa shape index (κ1) is 13.2. The molecule has 0 spiro atoms. The Morgan fingerprint density at radius 3 is 2.75 bits per heavy atom. The fourth-order valence-corrected chi connectivity index (χ4v) is 2.89. The van der Waals surface area contributed by atoms with E-state index in [-0.39, 0.29) is 16.8 Å². The Labute approximate surface area is 120 Å². The summed E-state index contributed by atoms with van der Waals surface area (Å²) >= 11 is 5.90. The van der Waals surface area contributed by atoms with Crippen LogP contribution >= 0.6 is 11.6 Å². The highest BCUT2D eigenvalue weighted by molar-refractivity contribution is 6.33. The van der Waals surface area contributed by atoms with Gasteiger partial charge in [0.05, 0.1) is 16.8 Å². The van der Waals surface area contributed by atoms with Crippen LogP contribution in [0.2, 0.25) is 5.02 Å². The summed E-state index contributed by atoms with van der Waals surface area (Å²) in [6.45, 7) is 0. The third-order valence-corrected chi connectivity index (χ3v) is 3.87. The molecule has 3 rings (SSSR count). The van der Waals surface area contributed by atoms with Crippen LogP contribution < -0.4 is 11.1 Å². The number of hydrogen-bond acceptors (Lipinski definition) is 2. The van der Waals surface area contributed by atoms with E-state index in [1.807, 2.05) is 18.2 Å². The molecule has 1 atom stereocenters. The molecule has 0 aliphatic heterocycles. The Hall–Kier alpha value is -1.81. The normalized spacial score (nSPS) is 17.1. The Kier molecular flexibility index (Phi) is 3.26. The summed E-state index contributed by atoms with van der Waals surface area (Å²) < 4.78 is 26.8. The molecule has 0 fully saturated rings. The zero-order valence-corrected chi connectivity index (χ0v) is 11.3. The van der Waals surface area contributed by atoms with Gasteiger partial charge in [-0.1, -0.05) is 17.7 Å². The van der Waals surface area contributed by atoms with Crippen LogP contribution in [0.4, 0.5) is 20.2 Å². The minimum Gasteiger partial charge on any atom is -0.399 e. The van der Waals surface area contributed by atoms with Gasteiger partial charge in [0.2, 0.25) is 0 Å². The van der Waals surface area contributed by atoms with Crippen LogP contribution in [0.1, 0.15) is 23.6 Å². The summed E-state index contributed by atoms with van der Waals surface area (Å²) in [5.41, 5.74) is 8.85. The molecule has 1 unspecified atom stereocenters. The van der Waals surface area contributed by atoms with Gasteiger partial charge in [-0.25, -0.2) is 8.78 Å². The van der Waals surface area contributed by atoms with Crippen molar-refractivity contribution in [1.82, 2.24) is 0 Å². The molecule has 104 valence electrons. The average Bonchev–Trinajstić information content (AvgIpc) is 2.76. The third kappa shape index (κ3) is 2.31. The van der Waals surface area contributed by atoms with Gasteiger partial charge in [-0.3, -0.25) is 0 Å². The van der Waals surface area contributed by atoms with Gasteiger partial charge in [0.1, 0.15) is 5.82 Å². The molecule has 0 amide bonds. The molecule has 0 radical (unpaired) electrons. The van der Waals surface area contributed by atoms with Crippen LogP contribution in [0, 0.1) is 11.6 Å². The van der Waals surface area contributed by atoms with Crippen LogP contribution in [0.3, 0.4) is 0 Å². The SMILES string of the molecule is Nc1ccc2c(c1)CCC2Nc1c(F)cc(F)cc1Cl. The number of hydrogen-bond donors (Lipinski definition) is 2. The summed E-state index contributed by atoms with van der Waals surface area (Å²) in [4.78, 5) is 0. The lowest BCUT2D eigenvalue weighted by molar-refractivity contribution is 0.583. The summed E-state index contributed by atoms with van der Waals surface area (Å²) in [7, 11) is 0. The summed E-state index contributed by atoms with van der Waals surface area (Å²) in [5.74, 6) is -1.36. The number of nitrogen functional groups attached to an aromatic ring is 1. The number of anilines is 2. The molecule has 0 saturated carbocycles. The molecule has 0 saturated heterocycles. The van der Waals surface area contributed by atoms with Crippen molar-refractivity contribution >= 4 is 23.0 Å². The zero-order valence-electron chi connectivity index (χ0n) is 10.6. The monoisotopic (exact) mass is 294 g/mol. The first-order valence-corrected chi connectivity index (χ1v) is 6.72. The van der Waals surface area contributed by atoms with Gasteiger partial charge in [0, 0.05) is 11.8 Å². The quantitative estimate of drug-likeness (QED) is 0.811. The predicted molar refractivity (Wildman–Crippen MR) is 76.9 cm³/mol. The van der Waals surface area contributed by atoms with E-state index in [1.54, 1.807) is 0 Å². The first-order valence-electron chi connectivity index (χ1n) is 6.34. The molecular formula is C15H13ClF2N2. The number of nitrogens with one attached hydrogen (secondary N) is 1. The van der Waals surface area contributed by atoms with Crippen molar-refractivity contribution in [2.24, 2.45) is 0 Å². The maximum Gasteiger partial charge on any atom is 0.150 e. The smallest absolute Gasteiger partial charge is 0.150 e. The Balaban J connectivity index is 1.91. The molecule has 3 N–H and O–H groups in total. The zero-order chi connectivity index (χ0) is 14.3. The second kappa shape index (κ2) is 4.94. The Morgan fingerprint density at radius 2 is 2.00 bits per heavy atom. The topological polar surface area (TPSA) is 38.0 Å². The van der Waals surface area contributed by atoms with E-state index in [1.165, 1.54) is 0 Å². The number of fused-ring (bicyclic) bond motifs is 1. The van der Waals surface area contributed by atoms with Gasteiger partial charge >= 0.3 is 0 Å². The van der Waals surface area contributed by atoms with Gasteiger partial charge in [0.15, 0.2) is 5.82 Å². The highest BCUT2D eigenvalue weighted by atomic mass is 35.5. The molecule has 0 bridgehead atoms. The number of rotatable bonds is 2. The van der Waals surface area contributed by atoms with E-state index in [2.05, 4.69) is 5.32 Å². The largest absolute Gasteiger partial charge is 0.399 e. The molecule has 20 heavy (non-hydrogen) atoms. The van der Waals surface area contributed by atoms with E-state index >= 15 is 0 Å². The second-order valence-electron chi connectivity index (χ2n) is 4.94. The molecular weight excluding hydrogens is 282 g/mol. The molecule has 2 nitrogen and oxygen atoms in total. The molecule has 0 aromatic heterocycles. The lowest BCUT2D eigenvalue weighted by Gasteiger charge is -2.17. The minimum absolute atomic E-state index is 0.0388. The Morgan fingerprint density at radius 1 is 1.20 bits per heavy atom. The van der Waals surface area contributed by atoms with Crippen molar-refractivity contribution in [3.8, 4) is 0 Å². The van der Waals surface area contributed by atoms with Gasteiger partial charge < -0.3 is 11.1 Å². The third-order valence-electron chi connectivity index (χ3n) is 3.57. The number of halogens is 3. The maximum atomic E-state index is 13.8. The van der Waals surface area contributed by atoms with Crippen molar-refractivity contribution in [2.45, 2.75) is 18.9 Å². The standard InChI is InChI=1S/C15H13ClF2N2/c16-12-6-9(17)7-13(18)15(12)20-14-4-1-8-5-10(19)2-3-11(8)14/h2-3,5-7,14,20H,1,4,19H2. The van der Waals surface area contributed by atoms with E-state index < -0.39 is 11.6 Å². The van der Waals surface area contributed by atoms with E-state index in [9.17, 15) is 8.78 Å². The summed E-state index contributed by atoms with van der Waals surface area (Å²) in [5, 5.41) is 3.11. The van der Waals surface area contributed by atoms with Gasteiger partial charge in [-0.2, -0.15) is 0 Å². The molecule has 2 aromatic carbocycles. The van der Waals surface area contributed by atoms with E-state index in [4.69, 9.17) is 17.3 Å². The van der Waals surface area contributed by atoms with Crippen molar-refractivity contribution in [2.75, 3.05) is 11.1 Å². The molecule has 1 aliphatic rings. The van der Waals surface area contributed by atoms with E-state index in [0.29, 0.717) is 0 Å². The number of aryl methyl sites for hydroxylation is 1. The molecule has 5 heteroatoms. The van der Waals surface area contributed by atoms with Crippen LogP contribution in [0.5, 0.6) is 0 Å². The fraction of sp³-hybridized carbons (Fsp3) is 0.200. The number of nitrogens with two attached hydrogens (primary N) is 1. The van der Waals surface area contributed by atoms with Crippen LogP contribution in [0.25, 0.3) is 0 Å². The van der Waals surface area contributed by atoms with Crippen LogP contribution in [0.15, 0.2) is 30.3 Å². The lowest BCUT2D eigenvalue weighted by atomic mass is 10.1. The minimum atomic E-state index is -0.683. The highest BCUT2D eigenvalue weighted by Gasteiger charge is 2.24. The van der Waals surface area contributed by atoms with Crippen molar-refractivity contribution in [1.29, 1.82) is 0 Å². The van der Waals surface area contributed by atoms with Crippen molar-refractivity contribution in [3.05, 3.63) is 58.1 Å². The van der Waals surface area contributed by atoms with Gasteiger partial charge in [-0.05, 0) is 42.2 Å². The van der Waals surface area contributed by atoms with E-state index in [0.717, 1.165) is 41.8 Å². The number of benzene rings is 2. The molecule has 1 aliphatic carbocycles. The fourth-order valence-electron chi connectivity index (χ4n) is 2.64. The molecule has 0 heterocycles. The predicted octanol–water partition coefficient (Wildman–Crippen LogP) is 4.30. The maximum absolute atomic E-state index is 13.8. The Bertz CT molecular complexity index is 650. The first-order chi connectivity index (χ1) is 9.54. The van der Waals surface area contributed by atoms with Crippen molar-refractivity contribution in [3.63, 3.8) is 0 Å². The van der Waals surface area contributed by atoms with Gasteiger partial charge in [0.25, 0.3) is 0 Å². The van der Waals surface area contributed by atoms with Gasteiger partial charge in [-0.15, -0.1) is 0 Å². The van der Waals surface area contributed by atoms with Crippen LogP contribution in [-0.4, -0.2) is 0 Å². The summed E-state index contributed by atoms with van der Waals surface area (Å²) in [6.07, 6.45) is 1.70. The summed E-state index contributed by atoms with van der Waals surface area (Å²) in [6, 6.07) is 7.58. The second-order valence-corrected chi connectivity index (χ2v) is 5.35.